The lowest BCUT2D eigenvalue weighted by atomic mass is 9.77. The van der Waals surface area contributed by atoms with E-state index in [1.165, 1.54) is 36.5 Å². The molecule has 98 valence electrons. The quantitative estimate of drug-likeness (QED) is 0.569. The van der Waals surface area contributed by atoms with Crippen LogP contribution in [0.15, 0.2) is 11.6 Å². The third-order valence-corrected chi connectivity index (χ3v) is 7.37. The number of rotatable bonds is 3. The molecule has 0 spiro atoms. The van der Waals surface area contributed by atoms with Crippen LogP contribution in [0.4, 0.5) is 0 Å². The molecule has 2 atom stereocenters. The number of methoxy groups -OCH3 is 1. The molecule has 0 N–H and O–H groups in total. The lowest BCUT2D eigenvalue weighted by Gasteiger charge is -2.36. The smallest absolute Gasteiger partial charge is 0.0659 e. The summed E-state index contributed by atoms with van der Waals surface area (Å²) < 4.78 is 8.09. The largest absolute Gasteiger partial charge is 0.381 e. The first-order valence-electron chi connectivity index (χ1n) is 6.46. The average Bonchev–Trinajstić information content (AvgIpc) is 2.29. The van der Waals surface area contributed by atoms with Crippen molar-refractivity contribution in [2.75, 3.05) is 24.4 Å². The van der Waals surface area contributed by atoms with Crippen molar-refractivity contribution in [2.45, 2.75) is 39.2 Å². The molecule has 0 saturated heterocycles. The van der Waals surface area contributed by atoms with Crippen molar-refractivity contribution in [1.29, 1.82) is 0 Å². The van der Waals surface area contributed by atoms with Gasteiger partial charge in [0.25, 0.3) is 0 Å². The summed E-state index contributed by atoms with van der Waals surface area (Å²) in [7, 11) is 2.39. The summed E-state index contributed by atoms with van der Waals surface area (Å²) in [5.41, 5.74) is 1.89. The lowest BCUT2D eigenvalue weighted by molar-refractivity contribution is 0.0196. The lowest BCUT2D eigenvalue weighted by Crippen LogP contribution is -2.33. The van der Waals surface area contributed by atoms with Crippen LogP contribution in [-0.2, 0) is 4.74 Å². The highest BCUT2D eigenvalue weighted by atomic mass is 32.2. The first-order chi connectivity index (χ1) is 8.12. The van der Waals surface area contributed by atoms with Crippen molar-refractivity contribution in [2.24, 2.45) is 5.41 Å². The molecule has 0 radical (unpaired) electrons. The first-order valence-corrected chi connectivity index (χ1v) is 9.14. The van der Waals surface area contributed by atoms with Crippen LogP contribution in [0.2, 0.25) is 0 Å². The van der Waals surface area contributed by atoms with Crippen LogP contribution in [0.3, 0.4) is 0 Å². The van der Waals surface area contributed by atoms with E-state index in [0.717, 1.165) is 0 Å². The Hall–Kier alpha value is 0.270. The summed E-state index contributed by atoms with van der Waals surface area (Å²) in [4.78, 5) is 0. The Kier molecular flexibility index (Phi) is 4.79. The molecule has 0 bridgehead atoms. The van der Waals surface area contributed by atoms with E-state index in [9.17, 15) is 0 Å². The minimum absolute atomic E-state index is 0.217. The topological polar surface area (TPSA) is 9.23 Å². The van der Waals surface area contributed by atoms with Gasteiger partial charge in [0.15, 0.2) is 0 Å². The highest BCUT2D eigenvalue weighted by molar-refractivity contribution is 8.32. The minimum atomic E-state index is 0.217. The van der Waals surface area contributed by atoms with Gasteiger partial charge in [-0.3, -0.25) is 0 Å². The maximum Gasteiger partial charge on any atom is 0.0659 e. The SMILES string of the molecule is CO[C@@H]1CCC(CS2=CSCCC2)=CC1(C)C. The van der Waals surface area contributed by atoms with Gasteiger partial charge in [0, 0.05) is 18.3 Å². The minimum Gasteiger partial charge on any atom is -0.381 e. The van der Waals surface area contributed by atoms with Crippen LogP contribution in [0.5, 0.6) is 0 Å². The fraction of sp³-hybridized carbons (Fsp3) is 0.786. The predicted octanol–water partition coefficient (Wildman–Crippen LogP) is 3.91. The van der Waals surface area contributed by atoms with Crippen molar-refractivity contribution in [3.8, 4) is 0 Å². The zero-order valence-electron chi connectivity index (χ0n) is 11.2. The highest BCUT2D eigenvalue weighted by Crippen LogP contribution is 2.38. The molecule has 1 nitrogen and oxygen atoms in total. The molecule has 0 amide bonds. The highest BCUT2D eigenvalue weighted by Gasteiger charge is 2.31. The van der Waals surface area contributed by atoms with E-state index in [2.05, 4.69) is 24.6 Å². The Morgan fingerprint density at radius 2 is 2.35 bits per heavy atom. The van der Waals surface area contributed by atoms with Crippen LogP contribution in [-0.4, -0.2) is 35.2 Å². The Bertz CT molecular complexity index is 331. The Morgan fingerprint density at radius 3 is 2.94 bits per heavy atom. The van der Waals surface area contributed by atoms with E-state index >= 15 is 0 Å². The Balaban J connectivity index is 2.02. The molecule has 0 aromatic carbocycles. The first kappa shape index (κ1) is 13.7. The Morgan fingerprint density at radius 1 is 1.53 bits per heavy atom. The molecule has 3 heteroatoms. The second kappa shape index (κ2) is 5.94. The number of thioether (sulfide) groups is 1. The molecule has 1 aliphatic heterocycles. The number of hydrogen-bond donors (Lipinski definition) is 0. The molecule has 2 rings (SSSR count). The van der Waals surface area contributed by atoms with Gasteiger partial charge in [-0.05, 0) is 35.5 Å². The van der Waals surface area contributed by atoms with Gasteiger partial charge in [0.1, 0.15) is 0 Å². The molecule has 0 fully saturated rings. The molecular formula is C14H24OS2. The van der Waals surface area contributed by atoms with Crippen LogP contribution in [0.1, 0.15) is 33.1 Å². The summed E-state index contributed by atoms with van der Waals surface area (Å²) in [6.45, 7) is 4.62. The van der Waals surface area contributed by atoms with E-state index in [1.807, 2.05) is 18.9 Å². The van der Waals surface area contributed by atoms with E-state index in [4.69, 9.17) is 4.74 Å². The average molecular weight is 272 g/mol. The molecule has 17 heavy (non-hydrogen) atoms. The van der Waals surface area contributed by atoms with Crippen molar-refractivity contribution >= 4 is 26.9 Å². The molecule has 0 saturated carbocycles. The van der Waals surface area contributed by atoms with Crippen molar-refractivity contribution in [3.63, 3.8) is 0 Å². The van der Waals surface area contributed by atoms with Crippen LogP contribution >= 0.6 is 22.2 Å². The van der Waals surface area contributed by atoms with Gasteiger partial charge in [-0.15, -0.1) is 11.8 Å². The summed E-state index contributed by atoms with van der Waals surface area (Å²) in [6.07, 6.45) is 6.73. The zero-order chi connectivity index (χ0) is 12.3. The van der Waals surface area contributed by atoms with Crippen LogP contribution < -0.4 is 0 Å². The van der Waals surface area contributed by atoms with Crippen molar-refractivity contribution in [3.05, 3.63) is 11.6 Å². The Labute approximate surface area is 112 Å². The van der Waals surface area contributed by atoms with Crippen LogP contribution in [0, 0.1) is 5.41 Å². The van der Waals surface area contributed by atoms with Gasteiger partial charge in [0.05, 0.1) is 6.10 Å². The predicted molar refractivity (Wildman–Crippen MR) is 82.4 cm³/mol. The van der Waals surface area contributed by atoms with Gasteiger partial charge in [-0.25, -0.2) is 0 Å². The molecule has 0 aromatic heterocycles. The molecule has 0 aromatic rings. The third kappa shape index (κ3) is 3.62. The van der Waals surface area contributed by atoms with Crippen molar-refractivity contribution < 1.29 is 4.74 Å². The van der Waals surface area contributed by atoms with Gasteiger partial charge in [-0.1, -0.05) is 25.5 Å². The standard InChI is InChI=1S/C14H24OS2/c1-14(2)9-12(5-6-13(14)15-3)10-17-8-4-7-16-11-17/h9,11,13H,4-8,10H2,1-3H3/t13-,17?/m1/s1. The van der Waals surface area contributed by atoms with E-state index in [1.54, 1.807) is 5.57 Å². The van der Waals surface area contributed by atoms with Gasteiger partial charge in [0.2, 0.25) is 0 Å². The normalized spacial score (nSPS) is 32.8. The second-order valence-electron chi connectivity index (χ2n) is 5.59. The maximum absolute atomic E-state index is 5.59. The van der Waals surface area contributed by atoms with Crippen LogP contribution in [0.25, 0.3) is 0 Å². The second-order valence-corrected chi connectivity index (χ2v) is 8.88. The van der Waals surface area contributed by atoms with Gasteiger partial charge in [-0.2, -0.15) is 10.5 Å². The molecular weight excluding hydrogens is 248 g/mol. The number of ether oxygens (including phenoxy) is 1. The molecule has 2 aliphatic rings. The third-order valence-electron chi connectivity index (χ3n) is 3.66. The maximum atomic E-state index is 5.59. The number of hydrogen-bond acceptors (Lipinski definition) is 2. The fourth-order valence-corrected chi connectivity index (χ4v) is 6.45. The molecule has 1 heterocycles. The summed E-state index contributed by atoms with van der Waals surface area (Å²) in [5, 5.41) is 0. The van der Waals surface area contributed by atoms with E-state index in [0.29, 0.717) is 16.6 Å². The summed E-state index contributed by atoms with van der Waals surface area (Å²) in [5.74, 6) is 4.06. The van der Waals surface area contributed by atoms with Crippen molar-refractivity contribution in [1.82, 2.24) is 0 Å². The van der Waals surface area contributed by atoms with E-state index < -0.39 is 0 Å². The van der Waals surface area contributed by atoms with Gasteiger partial charge >= 0.3 is 0 Å². The zero-order valence-corrected chi connectivity index (χ0v) is 12.8. The monoisotopic (exact) mass is 272 g/mol. The fourth-order valence-electron chi connectivity index (χ4n) is 2.78. The molecule has 1 aliphatic carbocycles. The van der Waals surface area contributed by atoms with E-state index in [-0.39, 0.29) is 5.41 Å². The summed E-state index contributed by atoms with van der Waals surface area (Å²) in [6, 6.07) is 0. The van der Waals surface area contributed by atoms with Gasteiger partial charge < -0.3 is 4.74 Å². The summed E-state index contributed by atoms with van der Waals surface area (Å²) >= 11 is 2.03. The molecule has 1 unspecified atom stereocenters.